The lowest BCUT2D eigenvalue weighted by molar-refractivity contribution is -0.117. The van der Waals surface area contributed by atoms with Gasteiger partial charge in [-0.25, -0.2) is 14.4 Å². The lowest BCUT2D eigenvalue weighted by Crippen LogP contribution is -2.18. The van der Waals surface area contributed by atoms with Crippen molar-refractivity contribution >= 4 is 27.9 Å². The van der Waals surface area contributed by atoms with Gasteiger partial charge in [-0.1, -0.05) is 0 Å². The fraction of sp³-hybridized carbons (Fsp3) is 0.118. The number of benzene rings is 2. The fourth-order valence-corrected chi connectivity index (χ4v) is 2.02. The summed E-state index contributed by atoms with van der Waals surface area (Å²) in [4.78, 5) is 19.3. The zero-order valence-corrected chi connectivity index (χ0v) is 13.3. The SMILES string of the molecule is C[C@@H](Oc1ccc(Oc2cnc3cc(F)ccc3n2)cc1)C(=O)Cl. The molecule has 3 rings (SSSR count). The third kappa shape index (κ3) is 3.78. The zero-order chi connectivity index (χ0) is 17.1. The Bertz CT molecular complexity index is 887. The first-order valence-electron chi connectivity index (χ1n) is 7.07. The van der Waals surface area contributed by atoms with Crippen LogP contribution in [0.1, 0.15) is 6.92 Å². The van der Waals surface area contributed by atoms with Crippen molar-refractivity contribution in [1.29, 1.82) is 0 Å². The van der Waals surface area contributed by atoms with Crippen molar-refractivity contribution in [3.63, 3.8) is 0 Å². The Balaban J connectivity index is 1.74. The molecule has 2 aromatic carbocycles. The highest BCUT2D eigenvalue weighted by Gasteiger charge is 2.11. The third-order valence-electron chi connectivity index (χ3n) is 3.16. The first-order chi connectivity index (χ1) is 11.5. The molecule has 0 aliphatic heterocycles. The van der Waals surface area contributed by atoms with Crippen molar-refractivity contribution in [3.05, 3.63) is 54.5 Å². The molecule has 0 aliphatic rings. The summed E-state index contributed by atoms with van der Waals surface area (Å²) >= 11 is 5.35. The second-order valence-electron chi connectivity index (χ2n) is 4.98. The van der Waals surface area contributed by atoms with Gasteiger partial charge in [0.15, 0.2) is 6.10 Å². The summed E-state index contributed by atoms with van der Waals surface area (Å²) in [6.45, 7) is 1.56. The molecule has 0 N–H and O–H groups in total. The molecule has 0 aliphatic carbocycles. The van der Waals surface area contributed by atoms with Gasteiger partial charge in [0.1, 0.15) is 17.3 Å². The predicted molar refractivity (Wildman–Crippen MR) is 87.0 cm³/mol. The molecule has 0 amide bonds. The second kappa shape index (κ2) is 6.80. The smallest absolute Gasteiger partial charge is 0.262 e. The Morgan fingerprint density at radius 1 is 1.12 bits per heavy atom. The van der Waals surface area contributed by atoms with Crippen LogP contribution in [0.5, 0.6) is 17.4 Å². The van der Waals surface area contributed by atoms with E-state index in [-0.39, 0.29) is 11.7 Å². The van der Waals surface area contributed by atoms with E-state index in [1.807, 2.05) is 0 Å². The molecule has 0 saturated carbocycles. The van der Waals surface area contributed by atoms with Crippen LogP contribution in [0, 0.1) is 5.82 Å². The number of nitrogens with zero attached hydrogens (tertiary/aromatic N) is 2. The number of hydrogen-bond acceptors (Lipinski definition) is 5. The van der Waals surface area contributed by atoms with Crippen LogP contribution in [0.25, 0.3) is 11.0 Å². The van der Waals surface area contributed by atoms with Gasteiger partial charge in [-0.3, -0.25) is 4.79 Å². The van der Waals surface area contributed by atoms with Gasteiger partial charge in [-0.15, -0.1) is 0 Å². The molecule has 1 atom stereocenters. The summed E-state index contributed by atoms with van der Waals surface area (Å²) in [6.07, 6.45) is 0.686. The van der Waals surface area contributed by atoms with Gasteiger partial charge < -0.3 is 9.47 Å². The largest absolute Gasteiger partial charge is 0.482 e. The Morgan fingerprint density at radius 3 is 2.54 bits per heavy atom. The molecule has 5 nitrogen and oxygen atoms in total. The number of hydrogen-bond donors (Lipinski definition) is 0. The summed E-state index contributed by atoms with van der Waals surface area (Å²) in [6, 6.07) is 10.8. The van der Waals surface area contributed by atoms with E-state index in [1.165, 1.54) is 24.4 Å². The van der Waals surface area contributed by atoms with Crippen molar-refractivity contribution < 1.29 is 18.7 Å². The molecule has 0 fully saturated rings. The number of rotatable bonds is 5. The summed E-state index contributed by atoms with van der Waals surface area (Å²) in [7, 11) is 0. The maximum atomic E-state index is 13.1. The van der Waals surface area contributed by atoms with Crippen molar-refractivity contribution in [1.82, 2.24) is 9.97 Å². The summed E-state index contributed by atoms with van der Waals surface area (Å²) in [5.74, 6) is 0.921. The molecule has 1 aromatic heterocycles. The van der Waals surface area contributed by atoms with Crippen LogP contribution < -0.4 is 9.47 Å². The second-order valence-corrected chi connectivity index (χ2v) is 5.35. The normalized spacial score (nSPS) is 12.0. The van der Waals surface area contributed by atoms with Crippen LogP contribution in [-0.4, -0.2) is 21.3 Å². The number of aromatic nitrogens is 2. The van der Waals surface area contributed by atoms with Crippen LogP contribution in [0.4, 0.5) is 4.39 Å². The van der Waals surface area contributed by atoms with Gasteiger partial charge in [0, 0.05) is 6.07 Å². The molecule has 0 bridgehead atoms. The van der Waals surface area contributed by atoms with Gasteiger partial charge in [0.05, 0.1) is 17.2 Å². The number of fused-ring (bicyclic) bond motifs is 1. The van der Waals surface area contributed by atoms with Gasteiger partial charge in [0.25, 0.3) is 5.24 Å². The van der Waals surface area contributed by atoms with E-state index in [0.29, 0.717) is 22.5 Å². The molecule has 1 heterocycles. The quantitative estimate of drug-likeness (QED) is 0.651. The van der Waals surface area contributed by atoms with Crippen LogP contribution in [0.3, 0.4) is 0 Å². The van der Waals surface area contributed by atoms with Crippen molar-refractivity contribution in [2.45, 2.75) is 13.0 Å². The maximum Gasteiger partial charge on any atom is 0.262 e. The van der Waals surface area contributed by atoms with Gasteiger partial charge in [-0.05, 0) is 54.9 Å². The van der Waals surface area contributed by atoms with E-state index < -0.39 is 11.3 Å². The first-order valence-corrected chi connectivity index (χ1v) is 7.45. The minimum absolute atomic E-state index is 0.284. The number of ether oxygens (including phenoxy) is 2. The fourth-order valence-electron chi connectivity index (χ4n) is 1.97. The summed E-state index contributed by atoms with van der Waals surface area (Å²) < 4.78 is 24.1. The molecule has 3 aromatic rings. The summed E-state index contributed by atoms with van der Waals surface area (Å²) in [5, 5.41) is -0.571. The lowest BCUT2D eigenvalue weighted by atomic mass is 10.3. The van der Waals surface area contributed by atoms with E-state index in [0.717, 1.165) is 0 Å². The average molecular weight is 347 g/mol. The predicted octanol–water partition coefficient (Wildman–Crippen LogP) is 4.09. The summed E-state index contributed by atoms with van der Waals surface area (Å²) in [5.41, 5.74) is 0.981. The van der Waals surface area contributed by atoms with E-state index >= 15 is 0 Å². The average Bonchev–Trinajstić information content (AvgIpc) is 2.56. The Morgan fingerprint density at radius 2 is 1.83 bits per heavy atom. The molecule has 0 saturated heterocycles. The number of halogens is 2. The Labute approximate surface area is 142 Å². The highest BCUT2D eigenvalue weighted by Crippen LogP contribution is 2.24. The van der Waals surface area contributed by atoms with E-state index in [1.54, 1.807) is 31.2 Å². The number of carbonyl (C=O) groups excluding carboxylic acids is 1. The van der Waals surface area contributed by atoms with Gasteiger partial charge in [-0.2, -0.15) is 0 Å². The lowest BCUT2D eigenvalue weighted by Gasteiger charge is -2.11. The molecular weight excluding hydrogens is 335 g/mol. The zero-order valence-electron chi connectivity index (χ0n) is 12.6. The topological polar surface area (TPSA) is 61.3 Å². The molecular formula is C17H12ClFN2O3. The first kappa shape index (κ1) is 16.1. The maximum absolute atomic E-state index is 13.1. The van der Waals surface area contributed by atoms with Crippen molar-refractivity contribution in [2.75, 3.05) is 0 Å². The molecule has 7 heteroatoms. The molecule has 0 radical (unpaired) electrons. The van der Waals surface area contributed by atoms with Crippen LogP contribution in [0.2, 0.25) is 0 Å². The van der Waals surface area contributed by atoms with Crippen LogP contribution in [-0.2, 0) is 4.79 Å². The Hall–Kier alpha value is -2.73. The van der Waals surface area contributed by atoms with E-state index in [9.17, 15) is 9.18 Å². The number of carbonyl (C=O) groups is 1. The van der Waals surface area contributed by atoms with E-state index in [2.05, 4.69) is 9.97 Å². The van der Waals surface area contributed by atoms with Crippen molar-refractivity contribution in [2.24, 2.45) is 0 Å². The van der Waals surface area contributed by atoms with Crippen molar-refractivity contribution in [3.8, 4) is 17.4 Å². The Kier molecular flexibility index (Phi) is 4.57. The van der Waals surface area contributed by atoms with Gasteiger partial charge in [0.2, 0.25) is 5.88 Å². The highest BCUT2D eigenvalue weighted by atomic mass is 35.5. The molecule has 0 unspecified atom stereocenters. The molecule has 24 heavy (non-hydrogen) atoms. The molecule has 0 spiro atoms. The van der Waals surface area contributed by atoms with Crippen LogP contribution >= 0.6 is 11.6 Å². The van der Waals surface area contributed by atoms with Gasteiger partial charge >= 0.3 is 0 Å². The monoisotopic (exact) mass is 346 g/mol. The standard InChI is InChI=1S/C17H12ClFN2O3/c1-10(17(18)22)23-12-3-5-13(6-4-12)24-16-9-20-15-8-11(19)2-7-14(15)21-16/h2-10H,1H3/t10-/m1/s1. The molecule has 122 valence electrons. The minimum Gasteiger partial charge on any atom is -0.482 e. The van der Waals surface area contributed by atoms with Crippen LogP contribution in [0.15, 0.2) is 48.7 Å². The van der Waals surface area contributed by atoms with E-state index in [4.69, 9.17) is 21.1 Å². The minimum atomic E-state index is -0.731. The third-order valence-corrected chi connectivity index (χ3v) is 3.47. The highest BCUT2D eigenvalue weighted by molar-refractivity contribution is 6.64.